The van der Waals surface area contributed by atoms with Crippen LogP contribution in [-0.2, 0) is 6.18 Å². The van der Waals surface area contributed by atoms with Crippen molar-refractivity contribution < 1.29 is 28.5 Å². The molecular weight excluding hydrogens is 429 g/mol. The molecule has 0 amide bonds. The molecule has 0 spiro atoms. The molecule has 32 heavy (non-hydrogen) atoms. The number of aliphatic hydroxyl groups excluding tert-OH is 3. The maximum atomic E-state index is 13.2. The number of hydrogen-bond donors (Lipinski definition) is 4. The summed E-state index contributed by atoms with van der Waals surface area (Å²) in [6.45, 7) is 0.285. The van der Waals surface area contributed by atoms with E-state index in [1.807, 2.05) is 0 Å². The molecule has 1 saturated carbocycles. The molecule has 1 aliphatic heterocycles. The van der Waals surface area contributed by atoms with Crippen LogP contribution in [-0.4, -0.2) is 72.5 Å². The standard InChI is InChI=1S/C20H21F3N6O3/c21-20(22,23)10-2-1-3-12(4-10)29-18-14(7-24-29)17(28-8-15(31)16(32)9-28)26-19(27-18)25-11-5-13(30)6-11/h1-4,7,11,13,15-16,30-32H,5-6,8-9H2,(H,25,26,27)/t11?,13?,15-,16-/m1/s1. The lowest BCUT2D eigenvalue weighted by Gasteiger charge is -2.32. The number of benzene rings is 1. The lowest BCUT2D eigenvalue weighted by atomic mass is 9.90. The number of nitrogens with zero attached hydrogens (tertiary/aromatic N) is 5. The maximum Gasteiger partial charge on any atom is 0.416 e. The highest BCUT2D eigenvalue weighted by Crippen LogP contribution is 2.33. The van der Waals surface area contributed by atoms with Gasteiger partial charge in [0.1, 0.15) is 5.82 Å². The third-order valence-corrected chi connectivity index (χ3v) is 5.83. The number of alkyl halides is 3. The Kier molecular flexibility index (Phi) is 4.95. The molecule has 2 atom stereocenters. The van der Waals surface area contributed by atoms with Crippen LogP contribution in [0, 0.1) is 0 Å². The van der Waals surface area contributed by atoms with Gasteiger partial charge in [0.2, 0.25) is 5.95 Å². The molecule has 0 radical (unpaired) electrons. The van der Waals surface area contributed by atoms with Crippen molar-refractivity contribution in [2.24, 2.45) is 0 Å². The number of aliphatic hydroxyl groups is 3. The van der Waals surface area contributed by atoms with Crippen molar-refractivity contribution in [3.05, 3.63) is 36.0 Å². The van der Waals surface area contributed by atoms with Crippen molar-refractivity contribution in [3.8, 4) is 5.69 Å². The van der Waals surface area contributed by atoms with Crippen molar-refractivity contribution in [3.63, 3.8) is 0 Å². The number of nitrogens with one attached hydrogen (secondary N) is 1. The third kappa shape index (κ3) is 3.74. The van der Waals surface area contributed by atoms with Crippen molar-refractivity contribution in [2.45, 2.75) is 43.4 Å². The van der Waals surface area contributed by atoms with Gasteiger partial charge >= 0.3 is 6.18 Å². The normalized spacial score (nSPS) is 25.9. The number of anilines is 2. The highest BCUT2D eigenvalue weighted by molar-refractivity contribution is 5.89. The van der Waals surface area contributed by atoms with E-state index in [4.69, 9.17) is 0 Å². The second-order valence-electron chi connectivity index (χ2n) is 8.22. The van der Waals surface area contributed by atoms with Crippen molar-refractivity contribution in [1.82, 2.24) is 19.7 Å². The fourth-order valence-corrected chi connectivity index (χ4v) is 4.03. The van der Waals surface area contributed by atoms with E-state index in [9.17, 15) is 28.5 Å². The topological polar surface area (TPSA) is 120 Å². The van der Waals surface area contributed by atoms with E-state index in [0.29, 0.717) is 24.0 Å². The first-order valence-electron chi connectivity index (χ1n) is 10.2. The van der Waals surface area contributed by atoms with Gasteiger partial charge in [-0.1, -0.05) is 6.07 Å². The Morgan fingerprint density at radius 1 is 1.03 bits per heavy atom. The van der Waals surface area contributed by atoms with E-state index in [1.54, 1.807) is 4.90 Å². The lowest BCUT2D eigenvalue weighted by Crippen LogP contribution is -2.39. The SMILES string of the molecule is OC1CC(Nc2nc(N3C[C@@H](O)[C@H](O)C3)c3cnn(-c4cccc(C(F)(F)F)c4)c3n2)C1. The number of fused-ring (bicyclic) bond motifs is 1. The van der Waals surface area contributed by atoms with Crippen LogP contribution in [0.1, 0.15) is 18.4 Å². The first kappa shape index (κ1) is 20.9. The molecule has 3 heterocycles. The van der Waals surface area contributed by atoms with Crippen LogP contribution >= 0.6 is 0 Å². The van der Waals surface area contributed by atoms with E-state index in [1.165, 1.54) is 23.0 Å². The first-order valence-corrected chi connectivity index (χ1v) is 10.2. The molecule has 0 bridgehead atoms. The Morgan fingerprint density at radius 2 is 1.75 bits per heavy atom. The Morgan fingerprint density at radius 3 is 2.41 bits per heavy atom. The lowest BCUT2D eigenvalue weighted by molar-refractivity contribution is -0.137. The zero-order valence-corrected chi connectivity index (χ0v) is 16.7. The molecule has 2 fully saturated rings. The quantitative estimate of drug-likeness (QED) is 0.470. The van der Waals surface area contributed by atoms with Gasteiger partial charge < -0.3 is 25.5 Å². The fourth-order valence-electron chi connectivity index (χ4n) is 4.03. The molecule has 1 aromatic carbocycles. The molecule has 4 N–H and O–H groups in total. The maximum absolute atomic E-state index is 13.2. The smallest absolute Gasteiger partial charge is 0.393 e. The summed E-state index contributed by atoms with van der Waals surface area (Å²) in [7, 11) is 0. The highest BCUT2D eigenvalue weighted by Gasteiger charge is 2.34. The number of rotatable bonds is 4. The van der Waals surface area contributed by atoms with Crippen LogP contribution in [0.15, 0.2) is 30.5 Å². The number of β-amino-alcohol motifs (C(OH)–C–C–N with tert-alkyl or cyclic N) is 2. The van der Waals surface area contributed by atoms with Gasteiger partial charge in [0, 0.05) is 19.1 Å². The molecule has 12 heteroatoms. The summed E-state index contributed by atoms with van der Waals surface area (Å²) in [6, 6.07) is 4.75. The highest BCUT2D eigenvalue weighted by atomic mass is 19.4. The van der Waals surface area contributed by atoms with E-state index in [0.717, 1.165) is 12.1 Å². The van der Waals surface area contributed by atoms with Gasteiger partial charge in [-0.25, -0.2) is 4.68 Å². The zero-order valence-electron chi connectivity index (χ0n) is 16.7. The monoisotopic (exact) mass is 450 g/mol. The van der Waals surface area contributed by atoms with Gasteiger partial charge in [-0.15, -0.1) is 0 Å². The van der Waals surface area contributed by atoms with Crippen LogP contribution in [0.25, 0.3) is 16.7 Å². The summed E-state index contributed by atoms with van der Waals surface area (Å²) in [4.78, 5) is 10.7. The minimum absolute atomic E-state index is 0.0324. The summed E-state index contributed by atoms with van der Waals surface area (Å²) >= 11 is 0. The second kappa shape index (κ2) is 7.57. The molecule has 3 aromatic rings. The van der Waals surface area contributed by atoms with Gasteiger partial charge in [0.25, 0.3) is 0 Å². The average Bonchev–Trinajstić information content (AvgIpc) is 3.29. The second-order valence-corrected chi connectivity index (χ2v) is 8.22. The molecule has 2 aliphatic rings. The molecule has 1 saturated heterocycles. The fraction of sp³-hybridized carbons (Fsp3) is 0.450. The molecule has 9 nitrogen and oxygen atoms in total. The van der Waals surface area contributed by atoms with Gasteiger partial charge in [-0.05, 0) is 31.0 Å². The van der Waals surface area contributed by atoms with Crippen molar-refractivity contribution >= 4 is 22.8 Å². The van der Waals surface area contributed by atoms with E-state index >= 15 is 0 Å². The Hall–Kier alpha value is -2.96. The molecule has 1 aliphatic carbocycles. The Labute approximate surface area is 180 Å². The summed E-state index contributed by atoms with van der Waals surface area (Å²) in [6.07, 6.45) is -4.27. The van der Waals surface area contributed by atoms with Gasteiger partial charge in [0.05, 0.1) is 41.1 Å². The van der Waals surface area contributed by atoms with Gasteiger partial charge in [0.15, 0.2) is 5.65 Å². The van der Waals surface area contributed by atoms with Crippen LogP contribution in [0.5, 0.6) is 0 Å². The van der Waals surface area contributed by atoms with Gasteiger partial charge in [-0.3, -0.25) is 0 Å². The average molecular weight is 450 g/mol. The molecule has 2 aromatic heterocycles. The number of aromatic nitrogens is 4. The summed E-state index contributed by atoms with van der Waals surface area (Å²) in [5, 5.41) is 37.4. The minimum atomic E-state index is -4.50. The Balaban J connectivity index is 1.60. The predicted octanol–water partition coefficient (Wildman–Crippen LogP) is 1.31. The largest absolute Gasteiger partial charge is 0.416 e. The van der Waals surface area contributed by atoms with E-state index < -0.39 is 30.1 Å². The van der Waals surface area contributed by atoms with E-state index in [-0.39, 0.29) is 36.4 Å². The third-order valence-electron chi connectivity index (χ3n) is 5.83. The first-order chi connectivity index (χ1) is 15.2. The molecule has 0 unspecified atom stereocenters. The zero-order chi connectivity index (χ0) is 22.6. The Bertz CT molecular complexity index is 1140. The van der Waals surface area contributed by atoms with Gasteiger partial charge in [-0.2, -0.15) is 28.2 Å². The molecular formula is C20H21F3N6O3. The van der Waals surface area contributed by atoms with Crippen molar-refractivity contribution in [1.29, 1.82) is 0 Å². The summed E-state index contributed by atoms with van der Waals surface area (Å²) in [5.74, 6) is 0.639. The minimum Gasteiger partial charge on any atom is -0.393 e. The van der Waals surface area contributed by atoms with Crippen LogP contribution < -0.4 is 10.2 Å². The van der Waals surface area contributed by atoms with E-state index in [2.05, 4.69) is 20.4 Å². The number of halogens is 3. The summed E-state index contributed by atoms with van der Waals surface area (Å²) < 4.78 is 40.9. The van der Waals surface area contributed by atoms with Crippen molar-refractivity contribution in [2.75, 3.05) is 23.3 Å². The summed E-state index contributed by atoms with van der Waals surface area (Å²) in [5.41, 5.74) is -0.334. The van der Waals surface area contributed by atoms with Crippen LogP contribution in [0.3, 0.4) is 0 Å². The molecule has 5 rings (SSSR count). The van der Waals surface area contributed by atoms with Crippen LogP contribution in [0.2, 0.25) is 0 Å². The van der Waals surface area contributed by atoms with Crippen LogP contribution in [0.4, 0.5) is 24.9 Å². The number of hydrogen-bond acceptors (Lipinski definition) is 8. The molecule has 170 valence electrons. The predicted molar refractivity (Wildman–Crippen MR) is 109 cm³/mol.